The molecule has 1 aliphatic heterocycles. The Bertz CT molecular complexity index is 997. The highest BCUT2D eigenvalue weighted by atomic mass is 16.2. The van der Waals surface area contributed by atoms with E-state index in [1.54, 1.807) is 24.7 Å². The zero-order valence-corrected chi connectivity index (χ0v) is 14.8. The van der Waals surface area contributed by atoms with Gasteiger partial charge in [-0.1, -0.05) is 12.1 Å². The Balaban J connectivity index is 1.47. The van der Waals surface area contributed by atoms with Gasteiger partial charge in [0.2, 0.25) is 5.91 Å². The Hall–Kier alpha value is -3.19. The van der Waals surface area contributed by atoms with Gasteiger partial charge in [0.25, 0.3) is 5.91 Å². The number of primary amides is 1. The van der Waals surface area contributed by atoms with Crippen LogP contribution in [0.15, 0.2) is 55.0 Å². The average molecular weight is 363 g/mol. The zero-order chi connectivity index (χ0) is 18.8. The van der Waals surface area contributed by atoms with Crippen LogP contribution in [0.3, 0.4) is 0 Å². The van der Waals surface area contributed by atoms with Crippen LogP contribution >= 0.6 is 0 Å². The number of likely N-dealkylation sites (tertiary alicyclic amines) is 1. The van der Waals surface area contributed by atoms with Crippen LogP contribution in [0.1, 0.15) is 28.8 Å². The number of amides is 2. The minimum Gasteiger partial charge on any atom is -0.368 e. The van der Waals surface area contributed by atoms with Crippen molar-refractivity contribution in [2.75, 3.05) is 11.9 Å². The maximum absolute atomic E-state index is 12.6. The molecule has 3 N–H and O–H groups in total. The van der Waals surface area contributed by atoms with Crippen molar-refractivity contribution in [3.63, 3.8) is 0 Å². The molecular weight excluding hydrogens is 342 g/mol. The van der Waals surface area contributed by atoms with Crippen LogP contribution in [-0.2, 0) is 11.3 Å². The first-order chi connectivity index (χ1) is 13.1. The summed E-state index contributed by atoms with van der Waals surface area (Å²) in [5, 5.41) is 2.93. The van der Waals surface area contributed by atoms with Gasteiger partial charge in [-0.15, -0.1) is 0 Å². The monoisotopic (exact) mass is 363 g/mol. The molecule has 2 amide bonds. The molecule has 0 aliphatic carbocycles. The van der Waals surface area contributed by atoms with E-state index in [2.05, 4.69) is 15.2 Å². The normalized spacial score (nSPS) is 17.3. The minimum absolute atomic E-state index is 0.182. The maximum atomic E-state index is 12.6. The van der Waals surface area contributed by atoms with E-state index in [4.69, 9.17) is 5.73 Å². The van der Waals surface area contributed by atoms with E-state index in [9.17, 15) is 9.59 Å². The topological polar surface area (TPSA) is 92.7 Å². The van der Waals surface area contributed by atoms with Crippen molar-refractivity contribution in [2.24, 2.45) is 5.73 Å². The Morgan fingerprint density at radius 2 is 2.15 bits per heavy atom. The van der Waals surface area contributed by atoms with Crippen LogP contribution in [0.2, 0.25) is 0 Å². The quantitative estimate of drug-likeness (QED) is 0.725. The number of nitrogens with one attached hydrogen (secondary N) is 1. The Morgan fingerprint density at radius 1 is 1.26 bits per heavy atom. The smallest absolute Gasteiger partial charge is 0.257 e. The largest absolute Gasteiger partial charge is 0.368 e. The van der Waals surface area contributed by atoms with Gasteiger partial charge in [0.05, 0.1) is 11.6 Å². The number of hydrogen-bond donors (Lipinski definition) is 2. The van der Waals surface area contributed by atoms with Gasteiger partial charge in [0.1, 0.15) is 5.65 Å². The van der Waals surface area contributed by atoms with Gasteiger partial charge in [0.15, 0.2) is 0 Å². The molecule has 7 nitrogen and oxygen atoms in total. The number of rotatable bonds is 5. The van der Waals surface area contributed by atoms with Gasteiger partial charge in [-0.05, 0) is 49.2 Å². The molecular formula is C20H21N5O2. The van der Waals surface area contributed by atoms with E-state index in [-0.39, 0.29) is 17.9 Å². The fraction of sp³-hybridized carbons (Fsp3) is 0.250. The Labute approximate surface area is 156 Å². The molecule has 0 radical (unpaired) electrons. The molecule has 3 aromatic rings. The number of aromatic nitrogens is 2. The highest BCUT2D eigenvalue weighted by Gasteiger charge is 2.28. The predicted octanol–water partition coefficient (Wildman–Crippen LogP) is 2.04. The highest BCUT2D eigenvalue weighted by Crippen LogP contribution is 2.21. The lowest BCUT2D eigenvalue weighted by molar-refractivity contribution is -0.122. The summed E-state index contributed by atoms with van der Waals surface area (Å²) in [6, 6.07) is 11.0. The fourth-order valence-corrected chi connectivity index (χ4v) is 3.58. The summed E-state index contributed by atoms with van der Waals surface area (Å²) < 4.78 is 1.81. The average Bonchev–Trinajstić information content (AvgIpc) is 3.30. The lowest BCUT2D eigenvalue weighted by atomic mass is 10.1. The summed E-state index contributed by atoms with van der Waals surface area (Å²) >= 11 is 0. The van der Waals surface area contributed by atoms with Crippen LogP contribution < -0.4 is 11.1 Å². The molecule has 0 spiro atoms. The van der Waals surface area contributed by atoms with Gasteiger partial charge >= 0.3 is 0 Å². The van der Waals surface area contributed by atoms with Crippen molar-refractivity contribution in [3.05, 3.63) is 66.1 Å². The molecule has 138 valence electrons. The molecule has 0 saturated carbocycles. The highest BCUT2D eigenvalue weighted by molar-refractivity contribution is 6.04. The maximum Gasteiger partial charge on any atom is 0.257 e. The van der Waals surface area contributed by atoms with Gasteiger partial charge in [-0.2, -0.15) is 0 Å². The molecule has 0 bridgehead atoms. The van der Waals surface area contributed by atoms with Crippen molar-refractivity contribution < 1.29 is 9.59 Å². The minimum atomic E-state index is -0.271. The molecule has 1 aromatic carbocycles. The molecule has 1 saturated heterocycles. The first-order valence-electron chi connectivity index (χ1n) is 8.96. The molecule has 1 atom stereocenters. The van der Waals surface area contributed by atoms with Crippen LogP contribution in [0.4, 0.5) is 5.69 Å². The van der Waals surface area contributed by atoms with Crippen molar-refractivity contribution in [1.82, 2.24) is 14.3 Å². The molecule has 1 fully saturated rings. The van der Waals surface area contributed by atoms with Gasteiger partial charge in [-0.3, -0.25) is 14.5 Å². The molecule has 1 aliphatic rings. The predicted molar refractivity (Wildman–Crippen MR) is 102 cm³/mol. The number of hydrogen-bond acceptors (Lipinski definition) is 4. The number of imidazole rings is 1. The number of carbonyl (C=O) groups excluding carboxylic acids is 2. The van der Waals surface area contributed by atoms with E-state index in [1.165, 1.54) is 0 Å². The van der Waals surface area contributed by atoms with Crippen LogP contribution in [0, 0.1) is 0 Å². The lowest BCUT2D eigenvalue weighted by Crippen LogP contribution is -2.39. The number of benzene rings is 1. The third-order valence-electron chi connectivity index (χ3n) is 4.91. The second-order valence-corrected chi connectivity index (χ2v) is 6.80. The second kappa shape index (κ2) is 7.20. The van der Waals surface area contributed by atoms with Gasteiger partial charge in [-0.25, -0.2) is 4.98 Å². The van der Waals surface area contributed by atoms with Crippen molar-refractivity contribution >= 4 is 23.1 Å². The number of nitrogens with two attached hydrogens (primary N) is 1. The number of nitrogens with zero attached hydrogens (tertiary/aromatic N) is 3. The third kappa shape index (κ3) is 3.68. The fourth-order valence-electron chi connectivity index (χ4n) is 3.58. The number of pyridine rings is 1. The summed E-state index contributed by atoms with van der Waals surface area (Å²) in [5.41, 5.74) is 8.59. The summed E-state index contributed by atoms with van der Waals surface area (Å²) in [6.45, 7) is 1.49. The van der Waals surface area contributed by atoms with Crippen LogP contribution in [-0.4, -0.2) is 38.7 Å². The molecule has 1 unspecified atom stereocenters. The van der Waals surface area contributed by atoms with E-state index in [1.807, 2.05) is 34.7 Å². The Morgan fingerprint density at radius 3 is 3.00 bits per heavy atom. The zero-order valence-electron chi connectivity index (χ0n) is 14.8. The van der Waals surface area contributed by atoms with Crippen LogP contribution in [0.25, 0.3) is 5.65 Å². The molecule has 2 aromatic heterocycles. The second-order valence-electron chi connectivity index (χ2n) is 6.80. The lowest BCUT2D eigenvalue weighted by Gasteiger charge is -2.22. The molecule has 7 heteroatoms. The third-order valence-corrected chi connectivity index (χ3v) is 4.91. The molecule has 4 rings (SSSR count). The van der Waals surface area contributed by atoms with E-state index in [0.29, 0.717) is 12.1 Å². The first kappa shape index (κ1) is 17.2. The van der Waals surface area contributed by atoms with Crippen molar-refractivity contribution in [3.8, 4) is 0 Å². The summed E-state index contributed by atoms with van der Waals surface area (Å²) in [6.07, 6.45) is 7.03. The molecule has 3 heterocycles. The van der Waals surface area contributed by atoms with Gasteiger partial charge < -0.3 is 15.5 Å². The Kier molecular flexibility index (Phi) is 4.60. The van der Waals surface area contributed by atoms with Crippen LogP contribution in [0.5, 0.6) is 0 Å². The number of fused-ring (bicyclic) bond motifs is 1. The molecule has 27 heavy (non-hydrogen) atoms. The summed E-state index contributed by atoms with van der Waals surface area (Å²) in [4.78, 5) is 30.4. The van der Waals surface area contributed by atoms with Crippen molar-refractivity contribution in [2.45, 2.75) is 25.4 Å². The number of carbonyl (C=O) groups is 2. The van der Waals surface area contributed by atoms with E-state index < -0.39 is 0 Å². The SMILES string of the molecule is NC(=O)C1CCCN1Cc1cccc(NC(=O)c2ccc3nccn3c2)c1. The van der Waals surface area contributed by atoms with E-state index in [0.717, 1.165) is 36.3 Å². The standard InChI is InChI=1S/C20H21N5O2/c21-19(26)17-5-2-9-24(17)12-14-3-1-4-16(11-14)23-20(27)15-6-7-18-22-8-10-25(18)13-15/h1,3-4,6-8,10-11,13,17H,2,5,9,12H2,(H2,21,26)(H,23,27). The first-order valence-corrected chi connectivity index (χ1v) is 8.96. The summed E-state index contributed by atoms with van der Waals surface area (Å²) in [7, 11) is 0. The van der Waals surface area contributed by atoms with E-state index >= 15 is 0 Å². The summed E-state index contributed by atoms with van der Waals surface area (Å²) in [5.74, 6) is -0.453. The van der Waals surface area contributed by atoms with Crippen molar-refractivity contribution in [1.29, 1.82) is 0 Å². The number of anilines is 1. The van der Waals surface area contributed by atoms with Gasteiger partial charge in [0, 0.05) is 30.8 Å².